The molecule has 0 aromatic rings. The van der Waals surface area contributed by atoms with Gasteiger partial charge in [0.1, 0.15) is 0 Å². The van der Waals surface area contributed by atoms with Gasteiger partial charge in [0.2, 0.25) is 5.91 Å². The fourth-order valence-electron chi connectivity index (χ4n) is 2.76. The maximum Gasteiger partial charge on any atom is 0.240 e. The number of halogens is 1. The highest BCUT2D eigenvalue weighted by molar-refractivity contribution is 5.88. The van der Waals surface area contributed by atoms with E-state index in [1.165, 1.54) is 25.7 Å². The lowest BCUT2D eigenvalue weighted by atomic mass is 9.83. The number of hydrogen-bond acceptors (Lipinski definition) is 3. The van der Waals surface area contributed by atoms with Crippen molar-refractivity contribution in [3.63, 3.8) is 0 Å². The minimum Gasteiger partial charge on any atom is -0.385 e. The molecule has 4 nitrogen and oxygen atoms in total. The third-order valence-corrected chi connectivity index (χ3v) is 4.37. The minimum atomic E-state index is -0.541. The highest BCUT2D eigenvalue weighted by atomic mass is 35.5. The molecule has 2 rings (SSSR count). The molecule has 3 N–H and O–H groups in total. The lowest BCUT2D eigenvalue weighted by Gasteiger charge is -2.29. The number of amides is 1. The first-order valence-corrected chi connectivity index (χ1v) is 6.66. The second kappa shape index (κ2) is 6.22. The number of nitrogens with two attached hydrogens (primary N) is 1. The molecule has 0 saturated heterocycles. The molecule has 0 atom stereocenters. The number of nitrogens with one attached hydrogen (secondary N) is 1. The zero-order valence-electron chi connectivity index (χ0n) is 11.2. The van der Waals surface area contributed by atoms with Gasteiger partial charge in [-0.05, 0) is 37.5 Å². The van der Waals surface area contributed by atoms with Gasteiger partial charge in [-0.15, -0.1) is 12.4 Å². The molecule has 106 valence electrons. The Morgan fingerprint density at radius 3 is 2.39 bits per heavy atom. The van der Waals surface area contributed by atoms with Crippen LogP contribution in [0.2, 0.25) is 0 Å². The highest BCUT2D eigenvalue weighted by Gasteiger charge is 2.46. The fourth-order valence-corrected chi connectivity index (χ4v) is 2.76. The predicted molar refractivity (Wildman–Crippen MR) is 73.8 cm³/mol. The van der Waals surface area contributed by atoms with Crippen molar-refractivity contribution in [2.75, 3.05) is 20.3 Å². The quantitative estimate of drug-likeness (QED) is 0.775. The Morgan fingerprint density at radius 1 is 1.28 bits per heavy atom. The van der Waals surface area contributed by atoms with Crippen molar-refractivity contribution in [3.05, 3.63) is 0 Å². The molecule has 0 aromatic carbocycles. The zero-order valence-corrected chi connectivity index (χ0v) is 12.0. The minimum absolute atomic E-state index is 0. The van der Waals surface area contributed by atoms with Crippen LogP contribution in [0.3, 0.4) is 0 Å². The second-order valence-electron chi connectivity index (χ2n) is 5.79. The van der Waals surface area contributed by atoms with E-state index in [1.54, 1.807) is 7.11 Å². The molecule has 18 heavy (non-hydrogen) atoms. The molecule has 0 radical (unpaired) electrons. The third-order valence-electron chi connectivity index (χ3n) is 4.37. The molecule has 0 aliphatic heterocycles. The van der Waals surface area contributed by atoms with Gasteiger partial charge >= 0.3 is 0 Å². The summed E-state index contributed by atoms with van der Waals surface area (Å²) in [5.74, 6) is 0.0428. The van der Waals surface area contributed by atoms with E-state index in [2.05, 4.69) is 5.32 Å². The summed E-state index contributed by atoms with van der Waals surface area (Å²) in [5, 5.41) is 3.06. The fraction of sp³-hybridized carbons (Fsp3) is 0.923. The van der Waals surface area contributed by atoms with E-state index in [-0.39, 0.29) is 23.7 Å². The summed E-state index contributed by atoms with van der Waals surface area (Å²) in [7, 11) is 1.74. The lowest BCUT2D eigenvalue weighted by Crippen LogP contribution is -2.46. The number of ether oxygens (including phenoxy) is 1. The molecule has 2 fully saturated rings. The topological polar surface area (TPSA) is 64.3 Å². The van der Waals surface area contributed by atoms with E-state index in [4.69, 9.17) is 10.5 Å². The van der Waals surface area contributed by atoms with Gasteiger partial charge in [-0.3, -0.25) is 4.79 Å². The zero-order chi connectivity index (χ0) is 12.4. The monoisotopic (exact) mass is 276 g/mol. The Balaban J connectivity index is 0.00000162. The van der Waals surface area contributed by atoms with Crippen LogP contribution in [-0.4, -0.2) is 31.7 Å². The standard InChI is InChI=1S/C13H24N2O2.ClH/c1-17-9-8-12(4-2-3-5-12)10-15-11(16)13(14)6-7-13;/h2-10,14H2,1H3,(H,15,16);1H. The molecule has 5 heteroatoms. The first-order valence-electron chi connectivity index (χ1n) is 6.66. The molecule has 0 heterocycles. The van der Waals surface area contributed by atoms with Crippen molar-refractivity contribution < 1.29 is 9.53 Å². The van der Waals surface area contributed by atoms with E-state index < -0.39 is 5.54 Å². The first-order chi connectivity index (χ1) is 8.10. The SMILES string of the molecule is COCCC1(CNC(=O)C2(N)CC2)CCCC1.Cl. The van der Waals surface area contributed by atoms with Gasteiger partial charge in [-0.2, -0.15) is 0 Å². The smallest absolute Gasteiger partial charge is 0.240 e. The Labute approximate surface area is 115 Å². The van der Waals surface area contributed by atoms with E-state index in [1.807, 2.05) is 0 Å². The average molecular weight is 277 g/mol. The molecular weight excluding hydrogens is 252 g/mol. The van der Waals surface area contributed by atoms with E-state index in [0.29, 0.717) is 0 Å². The van der Waals surface area contributed by atoms with Crippen molar-refractivity contribution in [1.29, 1.82) is 0 Å². The predicted octanol–water partition coefficient (Wildman–Crippen LogP) is 1.61. The number of carbonyl (C=O) groups is 1. The van der Waals surface area contributed by atoms with Crippen LogP contribution >= 0.6 is 12.4 Å². The van der Waals surface area contributed by atoms with Crippen molar-refractivity contribution in [2.45, 2.75) is 50.5 Å². The van der Waals surface area contributed by atoms with Gasteiger partial charge in [-0.1, -0.05) is 12.8 Å². The van der Waals surface area contributed by atoms with Crippen LogP contribution in [-0.2, 0) is 9.53 Å². The van der Waals surface area contributed by atoms with Gasteiger partial charge in [-0.25, -0.2) is 0 Å². The summed E-state index contributed by atoms with van der Waals surface area (Å²) in [5.41, 5.74) is 5.60. The number of carbonyl (C=O) groups excluding carboxylic acids is 1. The van der Waals surface area contributed by atoms with Gasteiger partial charge < -0.3 is 15.8 Å². The second-order valence-corrected chi connectivity index (χ2v) is 5.79. The van der Waals surface area contributed by atoms with Crippen LogP contribution in [0.1, 0.15) is 44.9 Å². The molecule has 0 spiro atoms. The Bertz CT molecular complexity index is 287. The highest BCUT2D eigenvalue weighted by Crippen LogP contribution is 2.41. The summed E-state index contributed by atoms with van der Waals surface area (Å²) in [6.07, 6.45) is 7.66. The molecule has 2 saturated carbocycles. The number of methoxy groups -OCH3 is 1. The van der Waals surface area contributed by atoms with Crippen LogP contribution in [0, 0.1) is 5.41 Å². The lowest BCUT2D eigenvalue weighted by molar-refractivity contribution is -0.123. The van der Waals surface area contributed by atoms with Crippen molar-refractivity contribution in [2.24, 2.45) is 11.1 Å². The van der Waals surface area contributed by atoms with Gasteiger partial charge in [0.15, 0.2) is 0 Å². The number of hydrogen-bond donors (Lipinski definition) is 2. The molecule has 0 bridgehead atoms. The summed E-state index contributed by atoms with van der Waals surface area (Å²) in [4.78, 5) is 11.8. The third kappa shape index (κ3) is 3.59. The Hall–Kier alpha value is -0.320. The number of rotatable bonds is 6. The summed E-state index contributed by atoms with van der Waals surface area (Å²) >= 11 is 0. The Kier molecular flexibility index (Phi) is 5.44. The summed E-state index contributed by atoms with van der Waals surface area (Å²) in [6.45, 7) is 1.55. The van der Waals surface area contributed by atoms with Crippen molar-refractivity contribution in [1.82, 2.24) is 5.32 Å². The van der Waals surface area contributed by atoms with Gasteiger partial charge in [0, 0.05) is 20.3 Å². The normalized spacial score (nSPS) is 23.2. The van der Waals surface area contributed by atoms with Crippen molar-refractivity contribution in [3.8, 4) is 0 Å². The van der Waals surface area contributed by atoms with Crippen LogP contribution in [0.25, 0.3) is 0 Å². The molecule has 0 aromatic heterocycles. The Morgan fingerprint density at radius 2 is 1.89 bits per heavy atom. The van der Waals surface area contributed by atoms with Crippen LogP contribution < -0.4 is 11.1 Å². The maximum absolute atomic E-state index is 11.8. The molecule has 1 amide bonds. The van der Waals surface area contributed by atoms with E-state index >= 15 is 0 Å². The molecule has 2 aliphatic rings. The maximum atomic E-state index is 11.8. The van der Waals surface area contributed by atoms with Crippen molar-refractivity contribution >= 4 is 18.3 Å². The molecule has 0 unspecified atom stereocenters. The van der Waals surface area contributed by atoms with Crippen LogP contribution in [0.15, 0.2) is 0 Å². The summed E-state index contributed by atoms with van der Waals surface area (Å²) in [6, 6.07) is 0. The summed E-state index contributed by atoms with van der Waals surface area (Å²) < 4.78 is 5.18. The largest absolute Gasteiger partial charge is 0.385 e. The molecule has 2 aliphatic carbocycles. The van der Waals surface area contributed by atoms with Crippen LogP contribution in [0.4, 0.5) is 0 Å². The van der Waals surface area contributed by atoms with E-state index in [0.717, 1.165) is 32.4 Å². The first kappa shape index (κ1) is 15.7. The van der Waals surface area contributed by atoms with Crippen LogP contribution in [0.5, 0.6) is 0 Å². The van der Waals surface area contributed by atoms with Gasteiger partial charge in [0.25, 0.3) is 0 Å². The van der Waals surface area contributed by atoms with Gasteiger partial charge in [0.05, 0.1) is 5.54 Å². The average Bonchev–Trinajstić information content (AvgIpc) is 2.92. The van der Waals surface area contributed by atoms with E-state index in [9.17, 15) is 4.79 Å². The molecular formula is C13H25ClN2O2.